The van der Waals surface area contributed by atoms with E-state index < -0.39 is 0 Å². The minimum atomic E-state index is -0.253. The zero-order valence-electron chi connectivity index (χ0n) is 13.5. The summed E-state index contributed by atoms with van der Waals surface area (Å²) in [5.41, 5.74) is 0.845. The Hall–Kier alpha value is -1.40. The van der Waals surface area contributed by atoms with Gasteiger partial charge in [0.1, 0.15) is 0 Å². The van der Waals surface area contributed by atoms with Gasteiger partial charge >= 0.3 is 0 Å². The molecule has 0 aliphatic carbocycles. The number of carbonyl (C=O) groups excluding carboxylic acids is 2. The van der Waals surface area contributed by atoms with Crippen molar-refractivity contribution < 1.29 is 9.59 Å². The number of nitrogens with one attached hydrogen (secondary N) is 2. The molecule has 2 amide bonds. The quantitative estimate of drug-likeness (QED) is 0.829. The number of para-hydroxylation sites is 1. The van der Waals surface area contributed by atoms with E-state index in [9.17, 15) is 9.59 Å². The van der Waals surface area contributed by atoms with Gasteiger partial charge in [0.15, 0.2) is 0 Å². The van der Waals surface area contributed by atoms with Crippen molar-refractivity contribution in [3.63, 3.8) is 0 Å². The SMILES string of the molecule is O=C(NC1CC2CCC(C1)N2)C1CC(=O)N(c2ccccc2Br)C1. The third kappa shape index (κ3) is 3.09. The zero-order valence-corrected chi connectivity index (χ0v) is 15.1. The number of piperidine rings is 1. The maximum absolute atomic E-state index is 12.6. The Balaban J connectivity index is 1.39. The summed E-state index contributed by atoms with van der Waals surface area (Å²) >= 11 is 3.49. The average Bonchev–Trinajstić information content (AvgIpc) is 3.10. The molecule has 0 radical (unpaired) electrons. The molecule has 1 aromatic rings. The van der Waals surface area contributed by atoms with Crippen LogP contribution in [-0.2, 0) is 9.59 Å². The summed E-state index contributed by atoms with van der Waals surface area (Å²) in [6, 6.07) is 9.01. The molecule has 128 valence electrons. The highest BCUT2D eigenvalue weighted by molar-refractivity contribution is 9.10. The summed E-state index contributed by atoms with van der Waals surface area (Å²) in [5, 5.41) is 6.79. The molecular weight excluding hydrogens is 370 g/mol. The van der Waals surface area contributed by atoms with Crippen molar-refractivity contribution in [1.29, 1.82) is 0 Å². The number of rotatable bonds is 3. The molecule has 0 aromatic heterocycles. The number of carbonyl (C=O) groups is 2. The molecule has 2 bridgehead atoms. The third-order valence-electron chi connectivity index (χ3n) is 5.46. The fourth-order valence-corrected chi connectivity index (χ4v) is 4.78. The fraction of sp³-hybridized carbons (Fsp3) is 0.556. The Bertz CT molecular complexity index is 653. The lowest BCUT2D eigenvalue weighted by Gasteiger charge is -2.30. The second-order valence-electron chi connectivity index (χ2n) is 7.17. The molecule has 0 saturated carbocycles. The van der Waals surface area contributed by atoms with Crippen molar-refractivity contribution in [2.24, 2.45) is 5.92 Å². The summed E-state index contributed by atoms with van der Waals surface area (Å²) in [4.78, 5) is 26.7. The van der Waals surface area contributed by atoms with Crippen LogP contribution in [0, 0.1) is 5.92 Å². The largest absolute Gasteiger partial charge is 0.353 e. The first-order chi connectivity index (χ1) is 11.6. The monoisotopic (exact) mass is 391 g/mol. The summed E-state index contributed by atoms with van der Waals surface area (Å²) < 4.78 is 0.884. The number of fused-ring (bicyclic) bond motifs is 2. The minimum Gasteiger partial charge on any atom is -0.353 e. The van der Waals surface area contributed by atoms with Gasteiger partial charge in [-0.05, 0) is 53.7 Å². The first-order valence-corrected chi connectivity index (χ1v) is 9.51. The van der Waals surface area contributed by atoms with Gasteiger partial charge in [-0.25, -0.2) is 0 Å². The first kappa shape index (κ1) is 16.1. The predicted octanol–water partition coefficient (Wildman–Crippen LogP) is 2.20. The summed E-state index contributed by atoms with van der Waals surface area (Å²) in [6.07, 6.45) is 4.75. The molecule has 24 heavy (non-hydrogen) atoms. The molecule has 5 nitrogen and oxygen atoms in total. The summed E-state index contributed by atoms with van der Waals surface area (Å²) in [5.74, 6) is -0.200. The highest BCUT2D eigenvalue weighted by Crippen LogP contribution is 2.32. The molecule has 3 heterocycles. The Morgan fingerprint density at radius 2 is 1.92 bits per heavy atom. The van der Waals surface area contributed by atoms with Crippen LogP contribution >= 0.6 is 15.9 Å². The topological polar surface area (TPSA) is 61.4 Å². The third-order valence-corrected chi connectivity index (χ3v) is 6.13. The number of halogens is 1. The van der Waals surface area contributed by atoms with Crippen molar-refractivity contribution in [2.75, 3.05) is 11.4 Å². The highest BCUT2D eigenvalue weighted by Gasteiger charge is 2.38. The molecule has 4 rings (SSSR count). The molecule has 3 atom stereocenters. The minimum absolute atomic E-state index is 0.0208. The van der Waals surface area contributed by atoms with Crippen LogP contribution < -0.4 is 15.5 Å². The van der Waals surface area contributed by atoms with Crippen LogP contribution in [-0.4, -0.2) is 36.5 Å². The van der Waals surface area contributed by atoms with E-state index in [1.165, 1.54) is 12.8 Å². The van der Waals surface area contributed by atoms with E-state index in [2.05, 4.69) is 26.6 Å². The molecular formula is C18H22BrN3O2. The van der Waals surface area contributed by atoms with E-state index in [1.807, 2.05) is 24.3 Å². The summed E-state index contributed by atoms with van der Waals surface area (Å²) in [6.45, 7) is 0.463. The molecule has 3 aliphatic rings. The molecule has 0 spiro atoms. The van der Waals surface area contributed by atoms with Gasteiger partial charge in [-0.15, -0.1) is 0 Å². The molecule has 6 heteroatoms. The molecule has 3 fully saturated rings. The normalized spacial score (nSPS) is 32.2. The molecule has 1 aromatic carbocycles. The Morgan fingerprint density at radius 3 is 2.62 bits per heavy atom. The lowest BCUT2D eigenvalue weighted by atomic mass is 9.98. The second kappa shape index (κ2) is 6.48. The average molecular weight is 392 g/mol. The van der Waals surface area contributed by atoms with Crippen LogP contribution in [0.15, 0.2) is 28.7 Å². The van der Waals surface area contributed by atoms with E-state index in [1.54, 1.807) is 4.90 Å². The number of anilines is 1. The number of amides is 2. The van der Waals surface area contributed by atoms with Crippen molar-refractivity contribution in [2.45, 2.75) is 50.2 Å². The van der Waals surface area contributed by atoms with Gasteiger partial charge in [0.05, 0.1) is 11.6 Å². The zero-order chi connectivity index (χ0) is 16.7. The van der Waals surface area contributed by atoms with Crippen LogP contribution in [0.1, 0.15) is 32.1 Å². The van der Waals surface area contributed by atoms with Crippen LogP contribution in [0.4, 0.5) is 5.69 Å². The lowest BCUT2D eigenvalue weighted by Crippen LogP contribution is -2.49. The lowest BCUT2D eigenvalue weighted by molar-refractivity contribution is -0.127. The second-order valence-corrected chi connectivity index (χ2v) is 8.03. The van der Waals surface area contributed by atoms with Gasteiger partial charge in [-0.3, -0.25) is 9.59 Å². The van der Waals surface area contributed by atoms with E-state index in [-0.39, 0.29) is 23.8 Å². The predicted molar refractivity (Wildman–Crippen MR) is 95.7 cm³/mol. The number of hydrogen-bond acceptors (Lipinski definition) is 3. The number of benzene rings is 1. The van der Waals surface area contributed by atoms with Gasteiger partial charge in [-0.2, -0.15) is 0 Å². The van der Waals surface area contributed by atoms with Gasteiger partial charge < -0.3 is 15.5 Å². The van der Waals surface area contributed by atoms with E-state index in [0.717, 1.165) is 23.0 Å². The highest BCUT2D eigenvalue weighted by atomic mass is 79.9. The van der Waals surface area contributed by atoms with Crippen molar-refractivity contribution in [1.82, 2.24) is 10.6 Å². The van der Waals surface area contributed by atoms with E-state index in [0.29, 0.717) is 25.0 Å². The molecule has 3 unspecified atom stereocenters. The van der Waals surface area contributed by atoms with Gasteiger partial charge in [0.25, 0.3) is 0 Å². The maximum Gasteiger partial charge on any atom is 0.227 e. The van der Waals surface area contributed by atoms with Gasteiger partial charge in [0, 0.05) is 35.6 Å². The molecule has 3 aliphatic heterocycles. The van der Waals surface area contributed by atoms with Crippen molar-refractivity contribution in [3.05, 3.63) is 28.7 Å². The van der Waals surface area contributed by atoms with Gasteiger partial charge in [0.2, 0.25) is 11.8 Å². The van der Waals surface area contributed by atoms with Crippen LogP contribution in [0.25, 0.3) is 0 Å². The maximum atomic E-state index is 12.6. The van der Waals surface area contributed by atoms with E-state index >= 15 is 0 Å². The van der Waals surface area contributed by atoms with Gasteiger partial charge in [-0.1, -0.05) is 12.1 Å². The van der Waals surface area contributed by atoms with Crippen molar-refractivity contribution in [3.8, 4) is 0 Å². The van der Waals surface area contributed by atoms with Crippen LogP contribution in [0.3, 0.4) is 0 Å². The molecule has 3 saturated heterocycles. The number of hydrogen-bond donors (Lipinski definition) is 2. The smallest absolute Gasteiger partial charge is 0.227 e. The fourth-order valence-electron chi connectivity index (χ4n) is 4.28. The summed E-state index contributed by atoms with van der Waals surface area (Å²) in [7, 11) is 0. The molecule has 2 N–H and O–H groups in total. The van der Waals surface area contributed by atoms with E-state index in [4.69, 9.17) is 0 Å². The van der Waals surface area contributed by atoms with Crippen molar-refractivity contribution >= 4 is 33.4 Å². The first-order valence-electron chi connectivity index (χ1n) is 8.71. The Kier molecular flexibility index (Phi) is 4.35. The van der Waals surface area contributed by atoms with Crippen LogP contribution in [0.2, 0.25) is 0 Å². The van der Waals surface area contributed by atoms with Crippen LogP contribution in [0.5, 0.6) is 0 Å². The Labute approximate surface area is 150 Å². The Morgan fingerprint density at radius 1 is 1.21 bits per heavy atom. The number of nitrogens with zero attached hydrogens (tertiary/aromatic N) is 1. The standard InChI is InChI=1S/C18H22BrN3O2/c19-15-3-1-2-4-16(15)22-10-11(7-17(22)23)18(24)21-14-8-12-5-6-13(9-14)20-12/h1-4,11-14,20H,5-10H2,(H,21,24).